The second-order valence-electron chi connectivity index (χ2n) is 10.4. The Kier molecular flexibility index (Phi) is 11.4. The third-order valence-corrected chi connectivity index (χ3v) is 9.22. The van der Waals surface area contributed by atoms with E-state index in [4.69, 9.17) is 16.3 Å². The number of sulfonamides is 1. The Morgan fingerprint density at radius 3 is 2.21 bits per heavy atom. The fraction of sp³-hybridized carbons (Fsp3) is 0.375. The summed E-state index contributed by atoms with van der Waals surface area (Å²) in [6.07, 6.45) is 1.08. The van der Waals surface area contributed by atoms with E-state index in [0.717, 1.165) is 27.4 Å². The van der Waals surface area contributed by atoms with E-state index < -0.39 is 28.5 Å². The molecule has 0 spiro atoms. The Bertz CT molecular complexity index is 1490. The van der Waals surface area contributed by atoms with Gasteiger partial charge in [-0.15, -0.1) is 0 Å². The molecule has 0 aliphatic carbocycles. The minimum Gasteiger partial charge on any atom is -0.495 e. The van der Waals surface area contributed by atoms with Crippen LogP contribution < -0.4 is 14.4 Å². The van der Waals surface area contributed by atoms with Gasteiger partial charge in [-0.1, -0.05) is 73.0 Å². The first kappa shape index (κ1) is 32.9. The Balaban J connectivity index is 2.10. The quantitative estimate of drug-likeness (QED) is 0.260. The van der Waals surface area contributed by atoms with Crippen molar-refractivity contribution in [1.82, 2.24) is 10.2 Å². The van der Waals surface area contributed by atoms with Crippen LogP contribution in [0.15, 0.2) is 71.6 Å². The van der Waals surface area contributed by atoms with E-state index in [0.29, 0.717) is 12.2 Å². The van der Waals surface area contributed by atoms with Crippen LogP contribution in [0.5, 0.6) is 5.75 Å². The molecule has 0 aliphatic heterocycles. The summed E-state index contributed by atoms with van der Waals surface area (Å²) in [5, 5.41) is 3.18. The lowest BCUT2D eigenvalue weighted by molar-refractivity contribution is -0.140. The molecule has 3 aromatic carbocycles. The summed E-state index contributed by atoms with van der Waals surface area (Å²) in [5.41, 5.74) is 2.93. The summed E-state index contributed by atoms with van der Waals surface area (Å²) in [6, 6.07) is 17.7. The molecule has 226 valence electrons. The highest BCUT2D eigenvalue weighted by Crippen LogP contribution is 2.32. The zero-order valence-corrected chi connectivity index (χ0v) is 26.6. The maximum absolute atomic E-state index is 14.2. The van der Waals surface area contributed by atoms with Gasteiger partial charge in [-0.3, -0.25) is 13.9 Å². The third-order valence-electron chi connectivity index (χ3n) is 7.13. The number of amides is 2. The van der Waals surface area contributed by atoms with Crippen molar-refractivity contribution >= 4 is 39.1 Å². The molecule has 0 saturated carbocycles. The topological polar surface area (TPSA) is 96.0 Å². The highest BCUT2D eigenvalue weighted by molar-refractivity contribution is 7.92. The van der Waals surface area contributed by atoms with Crippen molar-refractivity contribution in [2.45, 2.75) is 71.0 Å². The van der Waals surface area contributed by atoms with Gasteiger partial charge >= 0.3 is 0 Å². The number of aryl methyl sites for hydroxylation is 2. The summed E-state index contributed by atoms with van der Waals surface area (Å²) in [5.74, 6) is -0.438. The SMILES string of the molecule is CC[C@H](C)NC(=O)[C@H](CC)N(Cc1cccc(C)c1)C(=O)CN(c1ccc(OC)c(Cl)c1)S(=O)(=O)c1ccc(C)cc1. The van der Waals surface area contributed by atoms with Crippen LogP contribution >= 0.6 is 11.6 Å². The number of nitrogens with one attached hydrogen (secondary N) is 1. The van der Waals surface area contributed by atoms with Crippen LogP contribution in [0, 0.1) is 13.8 Å². The molecule has 0 saturated heterocycles. The van der Waals surface area contributed by atoms with Crippen LogP contribution in [0.3, 0.4) is 0 Å². The van der Waals surface area contributed by atoms with Crippen molar-refractivity contribution in [3.05, 3.63) is 88.4 Å². The number of rotatable bonds is 13. The van der Waals surface area contributed by atoms with Gasteiger partial charge in [-0.25, -0.2) is 8.42 Å². The smallest absolute Gasteiger partial charge is 0.264 e. The molecule has 2 amide bonds. The van der Waals surface area contributed by atoms with Crippen molar-refractivity contribution in [2.75, 3.05) is 18.0 Å². The molecule has 2 atom stereocenters. The van der Waals surface area contributed by atoms with Crippen molar-refractivity contribution in [3.63, 3.8) is 0 Å². The van der Waals surface area contributed by atoms with Gasteiger partial charge in [-0.05, 0) is 69.5 Å². The Hall–Kier alpha value is -3.56. The molecule has 10 heteroatoms. The van der Waals surface area contributed by atoms with Gasteiger partial charge in [0.05, 0.1) is 22.7 Å². The minimum atomic E-state index is -4.21. The van der Waals surface area contributed by atoms with Gasteiger partial charge in [0.2, 0.25) is 11.8 Å². The van der Waals surface area contributed by atoms with Crippen molar-refractivity contribution in [1.29, 1.82) is 0 Å². The molecular formula is C32H40ClN3O5S. The zero-order chi connectivity index (χ0) is 31.0. The van der Waals surface area contributed by atoms with E-state index in [-0.39, 0.29) is 34.1 Å². The molecule has 0 heterocycles. The van der Waals surface area contributed by atoms with Crippen LogP contribution in [0.25, 0.3) is 0 Å². The molecular weight excluding hydrogens is 574 g/mol. The summed E-state index contributed by atoms with van der Waals surface area (Å²) in [4.78, 5) is 29.1. The second kappa shape index (κ2) is 14.6. The van der Waals surface area contributed by atoms with Crippen LogP contribution in [0.4, 0.5) is 5.69 Å². The first-order valence-electron chi connectivity index (χ1n) is 14.0. The lowest BCUT2D eigenvalue weighted by atomic mass is 10.1. The third kappa shape index (κ3) is 8.04. The van der Waals surface area contributed by atoms with Gasteiger partial charge in [0, 0.05) is 12.6 Å². The van der Waals surface area contributed by atoms with E-state index in [1.54, 1.807) is 24.3 Å². The average Bonchev–Trinajstić information content (AvgIpc) is 2.95. The van der Waals surface area contributed by atoms with Crippen LogP contribution in [-0.2, 0) is 26.2 Å². The average molecular weight is 614 g/mol. The lowest BCUT2D eigenvalue weighted by Gasteiger charge is -2.34. The van der Waals surface area contributed by atoms with Gasteiger partial charge in [0.25, 0.3) is 10.0 Å². The molecule has 8 nitrogen and oxygen atoms in total. The molecule has 0 radical (unpaired) electrons. The number of nitrogens with zero attached hydrogens (tertiary/aromatic N) is 2. The molecule has 42 heavy (non-hydrogen) atoms. The monoisotopic (exact) mass is 613 g/mol. The predicted octanol–water partition coefficient (Wildman–Crippen LogP) is 5.88. The molecule has 0 aromatic heterocycles. The van der Waals surface area contributed by atoms with E-state index in [2.05, 4.69) is 5.32 Å². The molecule has 0 bridgehead atoms. The lowest BCUT2D eigenvalue weighted by Crippen LogP contribution is -2.53. The summed E-state index contributed by atoms with van der Waals surface area (Å²) in [6.45, 7) is 9.11. The molecule has 3 rings (SSSR count). The number of benzene rings is 3. The van der Waals surface area contributed by atoms with Gasteiger partial charge < -0.3 is 15.0 Å². The Labute approximate surface area is 254 Å². The largest absolute Gasteiger partial charge is 0.495 e. The second-order valence-corrected chi connectivity index (χ2v) is 12.7. The highest BCUT2D eigenvalue weighted by atomic mass is 35.5. The van der Waals surface area contributed by atoms with E-state index in [1.807, 2.05) is 58.9 Å². The Morgan fingerprint density at radius 2 is 1.64 bits per heavy atom. The molecule has 0 unspecified atom stereocenters. The van der Waals surface area contributed by atoms with E-state index in [1.165, 1.54) is 30.2 Å². The molecule has 1 N–H and O–H groups in total. The number of methoxy groups -OCH3 is 1. The maximum atomic E-state index is 14.2. The van der Waals surface area contributed by atoms with Crippen molar-refractivity contribution < 1.29 is 22.7 Å². The molecule has 0 fully saturated rings. The standard InChI is InChI=1S/C32H40ClN3O5S/c1-7-24(5)34-32(38)29(8-2)35(20-25-11-9-10-23(4)18-25)31(37)21-36(26-14-17-30(41-6)28(33)19-26)42(39,40)27-15-12-22(3)13-16-27/h9-19,24,29H,7-8,20-21H2,1-6H3,(H,34,38)/t24-,29-/m0/s1. The molecule has 3 aromatic rings. The van der Waals surface area contributed by atoms with Gasteiger partial charge in [0.1, 0.15) is 18.3 Å². The van der Waals surface area contributed by atoms with E-state index >= 15 is 0 Å². The minimum absolute atomic E-state index is 0.0274. The first-order chi connectivity index (χ1) is 19.9. The Morgan fingerprint density at radius 1 is 0.952 bits per heavy atom. The number of carbonyl (C=O) groups excluding carboxylic acids is 2. The number of hydrogen-bond acceptors (Lipinski definition) is 5. The zero-order valence-electron chi connectivity index (χ0n) is 25.1. The normalized spacial score (nSPS) is 12.7. The maximum Gasteiger partial charge on any atom is 0.264 e. The number of ether oxygens (including phenoxy) is 1. The van der Waals surface area contributed by atoms with Crippen LogP contribution in [0.2, 0.25) is 5.02 Å². The summed E-state index contributed by atoms with van der Waals surface area (Å²) >= 11 is 6.39. The van der Waals surface area contributed by atoms with Crippen molar-refractivity contribution in [2.24, 2.45) is 0 Å². The molecule has 0 aliphatic rings. The fourth-order valence-corrected chi connectivity index (χ4v) is 6.20. The summed E-state index contributed by atoms with van der Waals surface area (Å²) < 4.78 is 34.3. The highest BCUT2D eigenvalue weighted by Gasteiger charge is 2.34. The number of halogens is 1. The number of carbonyl (C=O) groups is 2. The summed E-state index contributed by atoms with van der Waals surface area (Å²) in [7, 11) is -2.74. The van der Waals surface area contributed by atoms with Crippen molar-refractivity contribution in [3.8, 4) is 5.75 Å². The first-order valence-corrected chi connectivity index (χ1v) is 15.8. The number of anilines is 1. The fourth-order valence-electron chi connectivity index (χ4n) is 4.54. The number of hydrogen-bond donors (Lipinski definition) is 1. The van der Waals surface area contributed by atoms with Crippen LogP contribution in [-0.4, -0.2) is 50.9 Å². The van der Waals surface area contributed by atoms with E-state index in [9.17, 15) is 18.0 Å². The predicted molar refractivity (Wildman–Crippen MR) is 167 cm³/mol. The van der Waals surface area contributed by atoms with Crippen LogP contribution in [0.1, 0.15) is 50.3 Å². The van der Waals surface area contributed by atoms with Gasteiger partial charge in [0.15, 0.2) is 0 Å². The van der Waals surface area contributed by atoms with Gasteiger partial charge in [-0.2, -0.15) is 0 Å².